The van der Waals surface area contributed by atoms with Gasteiger partial charge in [-0.3, -0.25) is 4.79 Å². The SMILES string of the molecule is CC(=O)Nc1nnc(S(=O)(=O)NCc2nc(-c3cccc(Cl)c3)no2)s1. The molecule has 1 aromatic carbocycles. The van der Waals surface area contributed by atoms with Crippen molar-refractivity contribution in [2.24, 2.45) is 0 Å². The molecule has 0 bridgehead atoms. The Bertz CT molecular complexity index is 1050. The highest BCUT2D eigenvalue weighted by Gasteiger charge is 2.21. The molecule has 0 aliphatic rings. The van der Waals surface area contributed by atoms with Crippen LogP contribution in [0.2, 0.25) is 5.02 Å². The van der Waals surface area contributed by atoms with Gasteiger partial charge >= 0.3 is 0 Å². The van der Waals surface area contributed by atoms with Crippen LogP contribution in [0.15, 0.2) is 33.1 Å². The molecule has 13 heteroatoms. The first kappa shape index (κ1) is 18.4. The second-order valence-corrected chi connectivity index (χ2v) is 8.26. The predicted molar refractivity (Wildman–Crippen MR) is 93.0 cm³/mol. The number of nitrogens with one attached hydrogen (secondary N) is 2. The summed E-state index contributed by atoms with van der Waals surface area (Å²) in [6.45, 7) is 1.05. The summed E-state index contributed by atoms with van der Waals surface area (Å²) in [6.07, 6.45) is 0. The van der Waals surface area contributed by atoms with Crippen LogP contribution in [0.1, 0.15) is 12.8 Å². The summed E-state index contributed by atoms with van der Waals surface area (Å²) in [6, 6.07) is 6.84. The second-order valence-electron chi connectivity index (χ2n) is 4.90. The number of nitrogens with zero attached hydrogens (tertiary/aromatic N) is 4. The average molecular weight is 415 g/mol. The van der Waals surface area contributed by atoms with Gasteiger partial charge in [-0.15, -0.1) is 10.2 Å². The van der Waals surface area contributed by atoms with Crippen molar-refractivity contribution in [1.29, 1.82) is 0 Å². The van der Waals surface area contributed by atoms with E-state index in [0.29, 0.717) is 10.6 Å². The number of anilines is 1. The van der Waals surface area contributed by atoms with Crippen molar-refractivity contribution < 1.29 is 17.7 Å². The molecule has 0 aliphatic heterocycles. The van der Waals surface area contributed by atoms with Gasteiger partial charge in [-0.25, -0.2) is 8.42 Å². The lowest BCUT2D eigenvalue weighted by Gasteiger charge is -1.99. The molecule has 1 amide bonds. The summed E-state index contributed by atoms with van der Waals surface area (Å²) in [7, 11) is -3.94. The molecule has 26 heavy (non-hydrogen) atoms. The van der Waals surface area contributed by atoms with Crippen molar-refractivity contribution in [3.63, 3.8) is 0 Å². The molecule has 0 saturated heterocycles. The van der Waals surface area contributed by atoms with Gasteiger partial charge in [-0.05, 0) is 12.1 Å². The predicted octanol–water partition coefficient (Wildman–Crippen LogP) is 1.68. The molecule has 3 aromatic rings. The Kier molecular flexibility index (Phi) is 5.27. The number of rotatable bonds is 6. The molecule has 2 N–H and O–H groups in total. The highest BCUT2D eigenvalue weighted by molar-refractivity contribution is 7.91. The number of amides is 1. The van der Waals surface area contributed by atoms with Crippen molar-refractivity contribution in [3.05, 3.63) is 35.2 Å². The average Bonchev–Trinajstić information content (AvgIpc) is 3.22. The third-order valence-electron chi connectivity index (χ3n) is 2.88. The molecule has 0 saturated carbocycles. The molecular weight excluding hydrogens is 404 g/mol. The zero-order valence-electron chi connectivity index (χ0n) is 13.1. The van der Waals surface area contributed by atoms with Crippen molar-refractivity contribution in [2.75, 3.05) is 5.32 Å². The van der Waals surface area contributed by atoms with Crippen molar-refractivity contribution in [2.45, 2.75) is 17.8 Å². The molecule has 0 radical (unpaired) electrons. The fourth-order valence-electron chi connectivity index (χ4n) is 1.81. The minimum atomic E-state index is -3.94. The number of carbonyl (C=O) groups excluding carboxylic acids is 1. The Morgan fingerprint density at radius 3 is 2.88 bits per heavy atom. The van der Waals surface area contributed by atoms with E-state index in [0.717, 1.165) is 11.3 Å². The molecular formula is C13H11ClN6O4S2. The van der Waals surface area contributed by atoms with Crippen LogP contribution < -0.4 is 10.0 Å². The van der Waals surface area contributed by atoms with Gasteiger partial charge in [0.1, 0.15) is 0 Å². The topological polar surface area (TPSA) is 140 Å². The van der Waals surface area contributed by atoms with Gasteiger partial charge < -0.3 is 9.84 Å². The van der Waals surface area contributed by atoms with Gasteiger partial charge in [0.05, 0.1) is 6.54 Å². The molecule has 0 fully saturated rings. The standard InChI is InChI=1S/C13H11ClN6O4S2/c1-7(21)16-12-18-19-13(25-12)26(22,23)15-6-10-17-11(20-24-10)8-3-2-4-9(14)5-8/h2-5,15H,6H2,1H3,(H,16,18,21). The minimum absolute atomic E-state index is 0.0650. The summed E-state index contributed by atoms with van der Waals surface area (Å²) < 4.78 is 31.4. The molecule has 10 nitrogen and oxygen atoms in total. The molecule has 0 spiro atoms. The Labute approximate surface area is 156 Å². The Morgan fingerprint density at radius 2 is 2.15 bits per heavy atom. The maximum atomic E-state index is 12.2. The van der Waals surface area contributed by atoms with Crippen LogP contribution in [-0.4, -0.2) is 34.7 Å². The maximum Gasteiger partial charge on any atom is 0.270 e. The van der Waals surface area contributed by atoms with E-state index in [1.165, 1.54) is 6.92 Å². The van der Waals surface area contributed by atoms with Crippen molar-refractivity contribution in [1.82, 2.24) is 25.1 Å². The molecule has 3 rings (SSSR count). The first-order valence-electron chi connectivity index (χ1n) is 7.03. The third-order valence-corrected chi connectivity index (χ3v) is 5.73. The van der Waals surface area contributed by atoms with Gasteiger partial charge in [0.15, 0.2) is 0 Å². The summed E-state index contributed by atoms with van der Waals surface area (Å²) >= 11 is 6.63. The lowest BCUT2D eigenvalue weighted by atomic mass is 10.2. The molecule has 2 heterocycles. The Morgan fingerprint density at radius 1 is 1.35 bits per heavy atom. The zero-order chi connectivity index (χ0) is 18.7. The third kappa shape index (κ3) is 4.40. The van der Waals surface area contributed by atoms with Gasteiger partial charge in [-0.2, -0.15) is 9.71 Å². The fourth-order valence-corrected chi connectivity index (χ4v) is 3.96. The van der Waals surface area contributed by atoms with Gasteiger partial charge in [0, 0.05) is 17.5 Å². The number of aromatic nitrogens is 4. The van der Waals surface area contributed by atoms with Crippen LogP contribution in [0.3, 0.4) is 0 Å². The first-order chi connectivity index (χ1) is 12.3. The van der Waals surface area contributed by atoms with E-state index in [9.17, 15) is 13.2 Å². The van der Waals surface area contributed by atoms with Crippen LogP contribution >= 0.6 is 22.9 Å². The van der Waals surface area contributed by atoms with E-state index in [1.807, 2.05) is 0 Å². The number of sulfonamides is 1. The van der Waals surface area contributed by atoms with Crippen molar-refractivity contribution >= 4 is 44.0 Å². The molecule has 0 aliphatic carbocycles. The maximum absolute atomic E-state index is 12.2. The second kappa shape index (κ2) is 7.45. The quantitative estimate of drug-likeness (QED) is 0.580. The van der Waals surface area contributed by atoms with Crippen LogP contribution in [0.5, 0.6) is 0 Å². The number of hydrogen-bond acceptors (Lipinski definition) is 9. The van der Waals surface area contributed by atoms with Gasteiger partial charge in [-0.1, -0.05) is 40.2 Å². The van der Waals surface area contributed by atoms with Crippen molar-refractivity contribution in [3.8, 4) is 11.4 Å². The summed E-state index contributed by atoms with van der Waals surface area (Å²) in [5.41, 5.74) is 0.638. The van der Waals surface area contributed by atoms with Gasteiger partial charge in [0.25, 0.3) is 10.0 Å². The minimum Gasteiger partial charge on any atom is -0.338 e. The molecule has 0 atom stereocenters. The molecule has 136 valence electrons. The van der Waals surface area contributed by atoms with E-state index in [4.69, 9.17) is 16.1 Å². The van der Waals surface area contributed by atoms with Crippen LogP contribution in [0, 0.1) is 0 Å². The van der Waals surface area contributed by atoms with Crippen LogP contribution in [0.25, 0.3) is 11.4 Å². The number of benzene rings is 1. The van der Waals surface area contributed by atoms with E-state index in [2.05, 4.69) is 30.4 Å². The number of halogens is 1. The molecule has 2 aromatic heterocycles. The normalized spacial score (nSPS) is 11.5. The highest BCUT2D eigenvalue weighted by atomic mass is 35.5. The lowest BCUT2D eigenvalue weighted by molar-refractivity contribution is -0.114. The van der Waals surface area contributed by atoms with E-state index < -0.39 is 10.0 Å². The zero-order valence-corrected chi connectivity index (χ0v) is 15.5. The summed E-state index contributed by atoms with van der Waals surface area (Å²) in [5.74, 6) is -0.0295. The largest absolute Gasteiger partial charge is 0.338 e. The lowest BCUT2D eigenvalue weighted by Crippen LogP contribution is -2.23. The Balaban J connectivity index is 1.68. The molecule has 0 unspecified atom stereocenters. The van der Waals surface area contributed by atoms with E-state index in [1.54, 1.807) is 24.3 Å². The first-order valence-corrected chi connectivity index (χ1v) is 9.70. The van der Waals surface area contributed by atoms with Crippen LogP contribution in [-0.2, 0) is 21.4 Å². The number of carbonyl (C=O) groups is 1. The van der Waals surface area contributed by atoms with E-state index >= 15 is 0 Å². The number of hydrogen-bond donors (Lipinski definition) is 2. The fraction of sp³-hybridized carbons (Fsp3) is 0.154. The van der Waals surface area contributed by atoms with Gasteiger partial charge in [0.2, 0.25) is 27.1 Å². The van der Waals surface area contributed by atoms with Crippen LogP contribution in [0.4, 0.5) is 5.13 Å². The highest BCUT2D eigenvalue weighted by Crippen LogP contribution is 2.21. The smallest absolute Gasteiger partial charge is 0.270 e. The Hall–Kier alpha value is -2.41. The van der Waals surface area contributed by atoms with E-state index in [-0.39, 0.29) is 33.6 Å². The monoisotopic (exact) mass is 414 g/mol. The summed E-state index contributed by atoms with van der Waals surface area (Å²) in [5, 5.41) is 13.9. The summed E-state index contributed by atoms with van der Waals surface area (Å²) in [4.78, 5) is 15.1.